The monoisotopic (exact) mass is 312 g/mol. The number of carboxylic acids is 1. The van der Waals surface area contributed by atoms with Gasteiger partial charge in [0.15, 0.2) is 0 Å². The Balaban J connectivity index is 0.000000253. The number of benzene rings is 2. The number of carbonyl (C=O) groups is 1. The lowest BCUT2D eigenvalue weighted by Gasteiger charge is -2.04. The standard InChI is InChI=1S/C11H15NO2.C7H5NO/c1-2-3-4-8-5-6-9(11(13)14)10(12)7-8;9-6-8-7-4-2-1-3-5-7/h5-7H,2-4,12H2,1H3,(H,13,14);1-5H. The number of rotatable bonds is 5. The van der Waals surface area contributed by atoms with Crippen LogP contribution in [-0.2, 0) is 11.2 Å². The van der Waals surface area contributed by atoms with Gasteiger partial charge in [-0.05, 0) is 42.7 Å². The van der Waals surface area contributed by atoms with Crippen molar-refractivity contribution in [1.29, 1.82) is 0 Å². The molecule has 5 nitrogen and oxygen atoms in total. The van der Waals surface area contributed by atoms with Crippen molar-refractivity contribution in [3.63, 3.8) is 0 Å². The Morgan fingerprint density at radius 1 is 1.22 bits per heavy atom. The van der Waals surface area contributed by atoms with Crippen LogP contribution >= 0.6 is 0 Å². The maximum Gasteiger partial charge on any atom is 0.337 e. The largest absolute Gasteiger partial charge is 0.478 e. The van der Waals surface area contributed by atoms with E-state index in [2.05, 4.69) is 11.9 Å². The first kappa shape index (κ1) is 18.1. The van der Waals surface area contributed by atoms with Gasteiger partial charge in [-0.3, -0.25) is 0 Å². The number of aliphatic imine (C=N–C) groups is 1. The van der Waals surface area contributed by atoms with Crippen LogP contribution in [0.25, 0.3) is 0 Å². The maximum absolute atomic E-state index is 10.7. The molecule has 3 N–H and O–H groups in total. The molecule has 2 aromatic carbocycles. The number of carbonyl (C=O) groups excluding carboxylic acids is 1. The summed E-state index contributed by atoms with van der Waals surface area (Å²) in [5.41, 5.74) is 7.90. The Morgan fingerprint density at radius 3 is 2.43 bits per heavy atom. The van der Waals surface area contributed by atoms with Crippen molar-refractivity contribution in [2.45, 2.75) is 26.2 Å². The lowest BCUT2D eigenvalue weighted by Crippen LogP contribution is -2.02. The van der Waals surface area contributed by atoms with E-state index in [9.17, 15) is 9.59 Å². The van der Waals surface area contributed by atoms with E-state index in [1.165, 1.54) is 6.08 Å². The summed E-state index contributed by atoms with van der Waals surface area (Å²) in [6.45, 7) is 2.12. The fourth-order valence-corrected chi connectivity index (χ4v) is 1.90. The minimum absolute atomic E-state index is 0.185. The average molecular weight is 312 g/mol. The number of hydrogen-bond acceptors (Lipinski definition) is 4. The van der Waals surface area contributed by atoms with Crippen molar-refractivity contribution >= 4 is 23.4 Å². The van der Waals surface area contributed by atoms with Gasteiger partial charge in [0.2, 0.25) is 6.08 Å². The van der Waals surface area contributed by atoms with Crippen LogP contribution in [0.2, 0.25) is 0 Å². The molecule has 0 radical (unpaired) electrons. The summed E-state index contributed by atoms with van der Waals surface area (Å²) in [7, 11) is 0. The van der Waals surface area contributed by atoms with Gasteiger partial charge in [0.1, 0.15) is 0 Å². The number of isocyanates is 1. The molecule has 0 amide bonds. The molecule has 0 aromatic heterocycles. The van der Waals surface area contributed by atoms with Crippen LogP contribution in [-0.4, -0.2) is 17.2 Å². The van der Waals surface area contributed by atoms with Crippen LogP contribution < -0.4 is 5.73 Å². The highest BCUT2D eigenvalue weighted by Crippen LogP contribution is 2.15. The van der Waals surface area contributed by atoms with Crippen LogP contribution in [0.4, 0.5) is 11.4 Å². The number of aromatic carboxylic acids is 1. The van der Waals surface area contributed by atoms with E-state index >= 15 is 0 Å². The lowest BCUT2D eigenvalue weighted by molar-refractivity contribution is 0.0698. The molecule has 0 unspecified atom stereocenters. The predicted molar refractivity (Wildman–Crippen MR) is 90.6 cm³/mol. The molecule has 0 heterocycles. The fourth-order valence-electron chi connectivity index (χ4n) is 1.90. The Labute approximate surface area is 135 Å². The van der Waals surface area contributed by atoms with Crippen molar-refractivity contribution in [3.8, 4) is 0 Å². The molecular formula is C18H20N2O3. The van der Waals surface area contributed by atoms with E-state index in [-0.39, 0.29) is 5.56 Å². The van der Waals surface area contributed by atoms with Crippen LogP contribution in [0.1, 0.15) is 35.7 Å². The van der Waals surface area contributed by atoms with Gasteiger partial charge in [-0.25, -0.2) is 9.59 Å². The van der Waals surface area contributed by atoms with Crippen LogP contribution in [0.3, 0.4) is 0 Å². The highest BCUT2D eigenvalue weighted by molar-refractivity contribution is 5.93. The Morgan fingerprint density at radius 2 is 1.91 bits per heavy atom. The molecule has 5 heteroatoms. The van der Waals surface area contributed by atoms with Gasteiger partial charge in [0.25, 0.3) is 0 Å². The minimum Gasteiger partial charge on any atom is -0.478 e. The molecule has 0 spiro atoms. The molecule has 0 aliphatic carbocycles. The first-order valence-corrected chi connectivity index (χ1v) is 7.33. The first-order chi connectivity index (χ1) is 11.1. The summed E-state index contributed by atoms with van der Waals surface area (Å²) in [6.07, 6.45) is 4.65. The zero-order chi connectivity index (χ0) is 17.1. The summed E-state index contributed by atoms with van der Waals surface area (Å²) in [4.78, 5) is 23.8. The SMILES string of the molecule is CCCCc1ccc(C(=O)O)c(N)c1.O=C=Nc1ccccc1. The van der Waals surface area contributed by atoms with E-state index in [0.29, 0.717) is 11.4 Å². The summed E-state index contributed by atoms with van der Waals surface area (Å²) in [6, 6.07) is 14.1. The van der Waals surface area contributed by atoms with Gasteiger partial charge < -0.3 is 10.8 Å². The Hall–Kier alpha value is -2.91. The number of nitrogens with two attached hydrogens (primary N) is 1. The second-order valence-corrected chi connectivity index (χ2v) is 4.87. The topological polar surface area (TPSA) is 92.7 Å². The highest BCUT2D eigenvalue weighted by Gasteiger charge is 2.07. The third-order valence-corrected chi connectivity index (χ3v) is 3.10. The molecule has 0 saturated heterocycles. The molecule has 0 bridgehead atoms. The molecular weight excluding hydrogens is 292 g/mol. The first-order valence-electron chi connectivity index (χ1n) is 7.33. The molecule has 2 aromatic rings. The third-order valence-electron chi connectivity index (χ3n) is 3.10. The summed E-state index contributed by atoms with van der Waals surface area (Å²) >= 11 is 0. The second-order valence-electron chi connectivity index (χ2n) is 4.87. The minimum atomic E-state index is -0.968. The van der Waals surface area contributed by atoms with E-state index < -0.39 is 5.97 Å². The van der Waals surface area contributed by atoms with Crippen molar-refractivity contribution in [2.24, 2.45) is 4.99 Å². The van der Waals surface area contributed by atoms with Crippen molar-refractivity contribution < 1.29 is 14.7 Å². The number of unbranched alkanes of at least 4 members (excludes halogenated alkanes) is 1. The molecule has 0 aliphatic heterocycles. The van der Waals surface area contributed by atoms with Crippen molar-refractivity contribution in [1.82, 2.24) is 0 Å². The van der Waals surface area contributed by atoms with E-state index in [4.69, 9.17) is 10.8 Å². The second kappa shape index (κ2) is 9.92. The number of nitrogens with zero attached hydrogens (tertiary/aromatic N) is 1. The number of anilines is 1. The average Bonchev–Trinajstić information content (AvgIpc) is 2.54. The zero-order valence-electron chi connectivity index (χ0n) is 13.0. The normalized spacial score (nSPS) is 9.26. The molecule has 120 valence electrons. The number of aryl methyl sites for hydroxylation is 1. The fraction of sp³-hybridized carbons (Fsp3) is 0.222. The van der Waals surface area contributed by atoms with Gasteiger partial charge >= 0.3 is 5.97 Å². The maximum atomic E-state index is 10.7. The Kier molecular flexibility index (Phi) is 7.83. The van der Waals surface area contributed by atoms with Gasteiger partial charge in [-0.15, -0.1) is 0 Å². The van der Waals surface area contributed by atoms with Gasteiger partial charge in [0.05, 0.1) is 11.3 Å². The van der Waals surface area contributed by atoms with Crippen LogP contribution in [0, 0.1) is 0 Å². The van der Waals surface area contributed by atoms with Gasteiger partial charge in [0, 0.05) is 5.69 Å². The molecule has 0 aliphatic rings. The summed E-state index contributed by atoms with van der Waals surface area (Å²) in [5, 5.41) is 8.75. The number of nitrogen functional groups attached to an aromatic ring is 1. The Bertz CT molecular complexity index is 678. The van der Waals surface area contributed by atoms with Crippen LogP contribution in [0.15, 0.2) is 53.5 Å². The zero-order valence-corrected chi connectivity index (χ0v) is 13.0. The quantitative estimate of drug-likeness (QED) is 0.496. The van der Waals surface area contributed by atoms with E-state index in [0.717, 1.165) is 24.8 Å². The number of carboxylic acid groups (broad SMARTS) is 1. The molecule has 0 saturated carbocycles. The number of para-hydroxylation sites is 1. The van der Waals surface area contributed by atoms with Crippen molar-refractivity contribution in [3.05, 3.63) is 59.7 Å². The van der Waals surface area contributed by atoms with Gasteiger partial charge in [-0.1, -0.05) is 37.6 Å². The molecule has 0 atom stereocenters. The lowest BCUT2D eigenvalue weighted by atomic mass is 10.0. The summed E-state index contributed by atoms with van der Waals surface area (Å²) < 4.78 is 0. The molecule has 23 heavy (non-hydrogen) atoms. The van der Waals surface area contributed by atoms with E-state index in [1.807, 2.05) is 24.3 Å². The predicted octanol–water partition coefficient (Wildman–Crippen LogP) is 3.96. The summed E-state index contributed by atoms with van der Waals surface area (Å²) in [5.74, 6) is -0.968. The molecule has 2 rings (SSSR count). The van der Waals surface area contributed by atoms with E-state index in [1.54, 1.807) is 24.3 Å². The smallest absolute Gasteiger partial charge is 0.337 e. The molecule has 0 fully saturated rings. The number of hydrogen-bond donors (Lipinski definition) is 2. The van der Waals surface area contributed by atoms with Crippen molar-refractivity contribution in [2.75, 3.05) is 5.73 Å². The third kappa shape index (κ3) is 6.59. The van der Waals surface area contributed by atoms with Crippen LogP contribution in [0.5, 0.6) is 0 Å². The highest BCUT2D eigenvalue weighted by atomic mass is 16.4. The van der Waals surface area contributed by atoms with Gasteiger partial charge in [-0.2, -0.15) is 4.99 Å².